The van der Waals surface area contributed by atoms with Crippen molar-refractivity contribution >= 4 is 16.2 Å². The average molecular weight is 322 g/mol. The van der Waals surface area contributed by atoms with Crippen molar-refractivity contribution < 1.29 is 23.1 Å². The maximum atomic E-state index is 12.3. The van der Waals surface area contributed by atoms with Gasteiger partial charge in [0.2, 0.25) is 0 Å². The quantitative estimate of drug-likeness (QED) is 0.718. The van der Waals surface area contributed by atoms with Gasteiger partial charge in [0.15, 0.2) is 0 Å². The summed E-state index contributed by atoms with van der Waals surface area (Å²) in [5.74, 6) is -1.50. The van der Waals surface area contributed by atoms with Gasteiger partial charge in [0.1, 0.15) is 0 Å². The summed E-state index contributed by atoms with van der Waals surface area (Å²) >= 11 is 0. The van der Waals surface area contributed by atoms with Crippen molar-refractivity contribution in [1.82, 2.24) is 9.03 Å². The van der Waals surface area contributed by atoms with Crippen LogP contribution in [-0.4, -0.2) is 55.6 Å². The lowest BCUT2D eigenvalue weighted by Gasteiger charge is -2.37. The average Bonchev–Trinajstić information content (AvgIpc) is 2.32. The number of nitrogens with zero attached hydrogens (tertiary/aromatic N) is 1. The maximum absolute atomic E-state index is 12.3. The van der Waals surface area contributed by atoms with Gasteiger partial charge in [0.05, 0.1) is 18.1 Å². The summed E-state index contributed by atoms with van der Waals surface area (Å²) in [6, 6.07) is 0. The zero-order valence-corrected chi connectivity index (χ0v) is 13.9. The van der Waals surface area contributed by atoms with E-state index in [1.165, 1.54) is 4.31 Å². The minimum absolute atomic E-state index is 0.0897. The Hall–Kier alpha value is -0.700. The first-order valence-electron chi connectivity index (χ1n) is 7.15. The Morgan fingerprint density at radius 2 is 2.05 bits per heavy atom. The molecule has 21 heavy (non-hydrogen) atoms. The fourth-order valence-electron chi connectivity index (χ4n) is 2.32. The third-order valence-electron chi connectivity index (χ3n) is 3.35. The highest BCUT2D eigenvalue weighted by atomic mass is 32.2. The predicted octanol–water partition coefficient (Wildman–Crippen LogP) is 0.679. The first-order valence-corrected chi connectivity index (χ1v) is 8.59. The molecule has 0 aliphatic carbocycles. The Balaban J connectivity index is 2.65. The van der Waals surface area contributed by atoms with Gasteiger partial charge in [-0.25, -0.2) is 4.72 Å². The number of ether oxygens (including phenoxy) is 1. The summed E-state index contributed by atoms with van der Waals surface area (Å²) in [7, 11) is -3.68. The molecule has 0 amide bonds. The lowest BCUT2D eigenvalue weighted by molar-refractivity contribution is -0.142. The topological polar surface area (TPSA) is 95.9 Å². The Morgan fingerprint density at radius 1 is 1.43 bits per heavy atom. The lowest BCUT2D eigenvalue weighted by Crippen LogP contribution is -2.54. The highest BCUT2D eigenvalue weighted by molar-refractivity contribution is 7.87. The van der Waals surface area contributed by atoms with Crippen LogP contribution in [0.25, 0.3) is 0 Å². The molecule has 1 rings (SSSR count). The first-order chi connectivity index (χ1) is 9.53. The standard InChI is InChI=1S/C13H26N2O5S/c1-10(2)7-11(12(16)17)8-14-21(18,19)15-5-6-20-13(3,4)9-15/h10-11,14H,5-9H2,1-4H3,(H,16,17). The normalized spacial score (nSPS) is 21.4. The molecule has 0 aromatic carbocycles. The Morgan fingerprint density at radius 3 is 2.52 bits per heavy atom. The first kappa shape index (κ1) is 18.3. The molecule has 7 nitrogen and oxygen atoms in total. The summed E-state index contributed by atoms with van der Waals surface area (Å²) in [5.41, 5.74) is -0.531. The molecule has 0 aromatic rings. The Bertz CT molecular complexity index is 461. The summed E-state index contributed by atoms with van der Waals surface area (Å²) in [4.78, 5) is 11.2. The predicted molar refractivity (Wildman–Crippen MR) is 79.1 cm³/mol. The summed E-state index contributed by atoms with van der Waals surface area (Å²) in [6.45, 7) is 8.26. The molecule has 0 bridgehead atoms. The van der Waals surface area contributed by atoms with E-state index in [4.69, 9.17) is 9.84 Å². The Kier molecular flexibility index (Phi) is 6.15. The molecule has 0 spiro atoms. The molecular formula is C13H26N2O5S. The molecule has 1 heterocycles. The van der Waals surface area contributed by atoms with Gasteiger partial charge in [-0.1, -0.05) is 13.8 Å². The smallest absolute Gasteiger partial charge is 0.307 e. The molecule has 0 aromatic heterocycles. The van der Waals surface area contributed by atoms with Crippen molar-refractivity contribution in [3.8, 4) is 0 Å². The summed E-state index contributed by atoms with van der Waals surface area (Å²) in [6.07, 6.45) is 0.437. The van der Waals surface area contributed by atoms with Gasteiger partial charge in [-0.2, -0.15) is 12.7 Å². The summed E-state index contributed by atoms with van der Waals surface area (Å²) < 4.78 is 33.7. The van der Waals surface area contributed by atoms with Crippen LogP contribution < -0.4 is 4.72 Å². The third kappa shape index (κ3) is 5.90. The highest BCUT2D eigenvalue weighted by Gasteiger charge is 2.34. The van der Waals surface area contributed by atoms with Gasteiger partial charge in [-0.3, -0.25) is 4.79 Å². The number of nitrogens with one attached hydrogen (secondary N) is 1. The van der Waals surface area contributed by atoms with Crippen LogP contribution in [0.5, 0.6) is 0 Å². The molecule has 1 unspecified atom stereocenters. The van der Waals surface area contributed by atoms with E-state index in [0.717, 1.165) is 0 Å². The summed E-state index contributed by atoms with van der Waals surface area (Å²) in [5, 5.41) is 9.14. The van der Waals surface area contributed by atoms with E-state index >= 15 is 0 Å². The van der Waals surface area contributed by atoms with E-state index in [-0.39, 0.29) is 25.6 Å². The van der Waals surface area contributed by atoms with Crippen LogP contribution in [0, 0.1) is 11.8 Å². The van der Waals surface area contributed by atoms with Gasteiger partial charge in [0.25, 0.3) is 10.2 Å². The van der Waals surface area contributed by atoms with E-state index in [9.17, 15) is 13.2 Å². The number of hydrogen-bond acceptors (Lipinski definition) is 4. The van der Waals surface area contributed by atoms with Crippen LogP contribution in [0.4, 0.5) is 0 Å². The number of hydrogen-bond donors (Lipinski definition) is 2. The minimum Gasteiger partial charge on any atom is -0.481 e. The number of morpholine rings is 1. The number of carboxylic acids is 1. The second-order valence-corrected chi connectivity index (χ2v) is 8.22. The van der Waals surface area contributed by atoms with Crippen molar-refractivity contribution in [1.29, 1.82) is 0 Å². The maximum Gasteiger partial charge on any atom is 0.307 e. The zero-order valence-electron chi connectivity index (χ0n) is 13.1. The number of rotatable bonds is 7. The highest BCUT2D eigenvalue weighted by Crippen LogP contribution is 2.19. The van der Waals surface area contributed by atoms with Gasteiger partial charge < -0.3 is 9.84 Å². The zero-order chi connectivity index (χ0) is 16.3. The van der Waals surface area contributed by atoms with Crippen LogP contribution in [0.15, 0.2) is 0 Å². The van der Waals surface area contributed by atoms with Gasteiger partial charge in [-0.05, 0) is 26.2 Å². The fraction of sp³-hybridized carbons (Fsp3) is 0.923. The van der Waals surface area contributed by atoms with E-state index in [2.05, 4.69) is 4.72 Å². The number of aliphatic carboxylic acids is 1. The van der Waals surface area contributed by atoms with E-state index in [1.807, 2.05) is 27.7 Å². The van der Waals surface area contributed by atoms with Crippen LogP contribution in [0.1, 0.15) is 34.1 Å². The molecule has 1 aliphatic rings. The number of carboxylic acid groups (broad SMARTS) is 1. The van der Waals surface area contributed by atoms with Gasteiger partial charge in [0, 0.05) is 19.6 Å². The molecule has 1 fully saturated rings. The third-order valence-corrected chi connectivity index (χ3v) is 4.87. The van der Waals surface area contributed by atoms with Crippen molar-refractivity contribution in [2.75, 3.05) is 26.2 Å². The van der Waals surface area contributed by atoms with Crippen LogP contribution in [0.2, 0.25) is 0 Å². The fourth-order valence-corrected chi connectivity index (χ4v) is 3.71. The van der Waals surface area contributed by atoms with E-state index in [1.54, 1.807) is 0 Å². The van der Waals surface area contributed by atoms with Crippen molar-refractivity contribution in [3.05, 3.63) is 0 Å². The molecule has 0 radical (unpaired) electrons. The molecule has 0 saturated carbocycles. The lowest BCUT2D eigenvalue weighted by atomic mass is 9.98. The van der Waals surface area contributed by atoms with Crippen molar-refractivity contribution in [3.63, 3.8) is 0 Å². The Labute approximate surface area is 126 Å². The van der Waals surface area contributed by atoms with Gasteiger partial charge in [-0.15, -0.1) is 0 Å². The molecule has 8 heteroatoms. The van der Waals surface area contributed by atoms with Crippen LogP contribution >= 0.6 is 0 Å². The second kappa shape index (κ2) is 7.04. The SMILES string of the molecule is CC(C)CC(CNS(=O)(=O)N1CCOC(C)(C)C1)C(=O)O. The second-order valence-electron chi connectivity index (χ2n) is 6.46. The van der Waals surface area contributed by atoms with Crippen LogP contribution in [0.3, 0.4) is 0 Å². The molecule has 1 aliphatic heterocycles. The van der Waals surface area contributed by atoms with Crippen molar-refractivity contribution in [2.45, 2.75) is 39.7 Å². The molecular weight excluding hydrogens is 296 g/mol. The largest absolute Gasteiger partial charge is 0.481 e. The monoisotopic (exact) mass is 322 g/mol. The van der Waals surface area contributed by atoms with E-state index in [0.29, 0.717) is 13.0 Å². The molecule has 1 atom stereocenters. The molecule has 124 valence electrons. The van der Waals surface area contributed by atoms with Gasteiger partial charge >= 0.3 is 5.97 Å². The van der Waals surface area contributed by atoms with E-state index < -0.39 is 27.7 Å². The minimum atomic E-state index is -3.68. The molecule has 2 N–H and O–H groups in total. The van der Waals surface area contributed by atoms with Crippen molar-refractivity contribution in [2.24, 2.45) is 11.8 Å². The van der Waals surface area contributed by atoms with Crippen LogP contribution in [-0.2, 0) is 19.7 Å². The number of carbonyl (C=O) groups is 1. The molecule has 1 saturated heterocycles.